The van der Waals surface area contributed by atoms with Gasteiger partial charge in [-0.3, -0.25) is 0 Å². The zero-order chi connectivity index (χ0) is 14.0. The predicted octanol–water partition coefficient (Wildman–Crippen LogP) is 2.94. The lowest BCUT2D eigenvalue weighted by Crippen LogP contribution is -2.16. The van der Waals surface area contributed by atoms with Crippen molar-refractivity contribution in [1.29, 1.82) is 0 Å². The highest BCUT2D eigenvalue weighted by molar-refractivity contribution is 5.85. The van der Waals surface area contributed by atoms with Crippen LogP contribution in [0, 0.1) is 0 Å². The summed E-state index contributed by atoms with van der Waals surface area (Å²) in [5.74, 6) is -1.65. The van der Waals surface area contributed by atoms with Gasteiger partial charge in [0.05, 0.1) is 0 Å². The molecule has 8 heteroatoms. The second-order valence-corrected chi connectivity index (χ2v) is 3.42. The summed E-state index contributed by atoms with van der Waals surface area (Å²) in [5, 5.41) is 8.65. The molecule has 0 unspecified atom stereocenters. The highest BCUT2D eigenvalue weighted by Crippen LogP contribution is 2.26. The van der Waals surface area contributed by atoms with Crippen molar-refractivity contribution in [3.05, 3.63) is 36.2 Å². The molecule has 2 rings (SSSR count). The largest absolute Gasteiger partial charge is 0.573 e. The molecular formula is C11H6F3NO4. The maximum Gasteiger partial charge on any atom is 0.573 e. The van der Waals surface area contributed by atoms with E-state index in [1.807, 2.05) is 0 Å². The van der Waals surface area contributed by atoms with Crippen LogP contribution in [0.5, 0.6) is 5.75 Å². The molecule has 5 nitrogen and oxygen atoms in total. The summed E-state index contributed by atoms with van der Waals surface area (Å²) in [6.45, 7) is 0. The average molecular weight is 273 g/mol. The number of aromatic nitrogens is 1. The lowest BCUT2D eigenvalue weighted by Gasteiger charge is -2.08. The first kappa shape index (κ1) is 12.9. The number of ether oxygens (including phenoxy) is 1. The summed E-state index contributed by atoms with van der Waals surface area (Å²) in [5.41, 5.74) is 0.0487. The minimum atomic E-state index is -4.76. The van der Waals surface area contributed by atoms with Crippen molar-refractivity contribution in [3.63, 3.8) is 0 Å². The normalized spacial score (nSPS) is 11.3. The van der Waals surface area contributed by atoms with E-state index in [-0.39, 0.29) is 17.3 Å². The highest BCUT2D eigenvalue weighted by Gasteiger charge is 2.31. The van der Waals surface area contributed by atoms with Crippen LogP contribution >= 0.6 is 0 Å². The van der Waals surface area contributed by atoms with Crippen molar-refractivity contribution >= 4 is 5.97 Å². The molecule has 0 aliphatic rings. The van der Waals surface area contributed by atoms with E-state index in [9.17, 15) is 18.0 Å². The minimum Gasteiger partial charge on any atom is -0.476 e. The second kappa shape index (κ2) is 4.63. The van der Waals surface area contributed by atoms with E-state index in [2.05, 4.69) is 9.72 Å². The first-order valence-electron chi connectivity index (χ1n) is 4.90. The standard InChI is InChI=1S/C11H6F3NO4/c12-11(13,14)19-7-3-1-6(2-4-7)9-15-8(5-18-9)10(16)17/h1-5H,(H,16,17). The number of alkyl halides is 3. The topological polar surface area (TPSA) is 72.6 Å². The number of hydrogen-bond acceptors (Lipinski definition) is 4. The molecule has 19 heavy (non-hydrogen) atoms. The number of carbonyl (C=O) groups is 1. The summed E-state index contributed by atoms with van der Waals surface area (Å²) in [4.78, 5) is 14.2. The van der Waals surface area contributed by atoms with Crippen LogP contribution in [0.15, 0.2) is 34.9 Å². The van der Waals surface area contributed by atoms with Crippen LogP contribution in [0.4, 0.5) is 13.2 Å². The number of benzene rings is 1. The van der Waals surface area contributed by atoms with Crippen LogP contribution in [0.1, 0.15) is 10.5 Å². The van der Waals surface area contributed by atoms with E-state index in [0.717, 1.165) is 18.4 Å². The van der Waals surface area contributed by atoms with Gasteiger partial charge in [0.1, 0.15) is 12.0 Å². The molecule has 2 aromatic rings. The Balaban J connectivity index is 2.20. The van der Waals surface area contributed by atoms with Crippen LogP contribution in [0.2, 0.25) is 0 Å². The maximum absolute atomic E-state index is 11.9. The SMILES string of the molecule is O=C(O)c1coc(-c2ccc(OC(F)(F)F)cc2)n1. The van der Waals surface area contributed by atoms with Crippen LogP contribution in [0.3, 0.4) is 0 Å². The third kappa shape index (κ3) is 3.24. The predicted molar refractivity (Wildman–Crippen MR) is 55.6 cm³/mol. The van der Waals surface area contributed by atoms with Gasteiger partial charge in [0.15, 0.2) is 5.69 Å². The summed E-state index contributed by atoms with van der Waals surface area (Å²) >= 11 is 0. The van der Waals surface area contributed by atoms with Crippen molar-refractivity contribution in [2.24, 2.45) is 0 Å². The number of carboxylic acids is 1. The fourth-order valence-corrected chi connectivity index (χ4v) is 1.30. The number of rotatable bonds is 3. The lowest BCUT2D eigenvalue weighted by atomic mass is 10.2. The van der Waals surface area contributed by atoms with E-state index < -0.39 is 12.3 Å². The molecule has 0 aliphatic carbocycles. The fourth-order valence-electron chi connectivity index (χ4n) is 1.30. The summed E-state index contributed by atoms with van der Waals surface area (Å²) < 4.78 is 44.4. The third-order valence-corrected chi connectivity index (χ3v) is 2.06. The molecule has 0 fully saturated rings. The number of carboxylic acid groups (broad SMARTS) is 1. The Morgan fingerprint density at radius 1 is 1.26 bits per heavy atom. The molecule has 0 saturated carbocycles. The van der Waals surface area contributed by atoms with Crippen LogP contribution < -0.4 is 4.74 Å². The number of aromatic carboxylic acids is 1. The summed E-state index contributed by atoms with van der Waals surface area (Å²) in [6, 6.07) is 4.71. The molecule has 0 saturated heterocycles. The van der Waals surface area contributed by atoms with Gasteiger partial charge in [-0.1, -0.05) is 0 Å². The van der Waals surface area contributed by atoms with Gasteiger partial charge in [0.2, 0.25) is 5.89 Å². The molecule has 0 aliphatic heterocycles. The Hall–Kier alpha value is -2.51. The first-order valence-corrected chi connectivity index (χ1v) is 4.90. The first-order chi connectivity index (χ1) is 8.85. The van der Waals surface area contributed by atoms with Gasteiger partial charge in [-0.05, 0) is 24.3 Å². The van der Waals surface area contributed by atoms with Gasteiger partial charge in [-0.2, -0.15) is 0 Å². The number of oxazole rings is 1. The van der Waals surface area contributed by atoms with Crippen LogP contribution in [0.25, 0.3) is 11.5 Å². The molecule has 100 valence electrons. The Morgan fingerprint density at radius 3 is 2.37 bits per heavy atom. The van der Waals surface area contributed by atoms with E-state index >= 15 is 0 Å². The average Bonchev–Trinajstić information content (AvgIpc) is 2.77. The van der Waals surface area contributed by atoms with Crippen molar-refractivity contribution < 1.29 is 32.2 Å². The van der Waals surface area contributed by atoms with Gasteiger partial charge < -0.3 is 14.3 Å². The molecule has 0 atom stereocenters. The highest BCUT2D eigenvalue weighted by atomic mass is 19.4. The van der Waals surface area contributed by atoms with Crippen molar-refractivity contribution in [2.45, 2.75) is 6.36 Å². The van der Waals surface area contributed by atoms with Gasteiger partial charge >= 0.3 is 12.3 Å². The van der Waals surface area contributed by atoms with E-state index in [1.165, 1.54) is 12.1 Å². The molecule has 1 aromatic heterocycles. The van der Waals surface area contributed by atoms with Crippen molar-refractivity contribution in [1.82, 2.24) is 4.98 Å². The maximum atomic E-state index is 11.9. The fraction of sp³-hybridized carbons (Fsp3) is 0.0909. The monoisotopic (exact) mass is 273 g/mol. The number of nitrogens with zero attached hydrogens (tertiary/aromatic N) is 1. The Bertz CT molecular complexity index is 589. The van der Waals surface area contributed by atoms with E-state index in [0.29, 0.717) is 5.56 Å². The second-order valence-electron chi connectivity index (χ2n) is 3.42. The number of halogens is 3. The zero-order valence-electron chi connectivity index (χ0n) is 9.14. The van der Waals surface area contributed by atoms with Gasteiger partial charge in [0, 0.05) is 5.56 Å². The van der Waals surface area contributed by atoms with Crippen LogP contribution in [-0.4, -0.2) is 22.4 Å². The molecule has 0 bridgehead atoms. The molecular weight excluding hydrogens is 267 g/mol. The minimum absolute atomic E-state index is 0.00374. The molecule has 1 aromatic carbocycles. The molecule has 1 heterocycles. The van der Waals surface area contributed by atoms with E-state index in [4.69, 9.17) is 9.52 Å². The van der Waals surface area contributed by atoms with Crippen LogP contribution in [-0.2, 0) is 0 Å². The Morgan fingerprint density at radius 2 is 1.89 bits per heavy atom. The van der Waals surface area contributed by atoms with Gasteiger partial charge in [0.25, 0.3) is 0 Å². The van der Waals surface area contributed by atoms with Gasteiger partial charge in [-0.25, -0.2) is 9.78 Å². The van der Waals surface area contributed by atoms with Crippen molar-refractivity contribution in [2.75, 3.05) is 0 Å². The lowest BCUT2D eigenvalue weighted by molar-refractivity contribution is -0.274. The third-order valence-electron chi connectivity index (χ3n) is 2.06. The molecule has 0 amide bonds. The zero-order valence-corrected chi connectivity index (χ0v) is 9.14. The van der Waals surface area contributed by atoms with Crippen molar-refractivity contribution in [3.8, 4) is 17.2 Å². The summed E-state index contributed by atoms with van der Waals surface area (Å²) in [7, 11) is 0. The smallest absolute Gasteiger partial charge is 0.476 e. The quantitative estimate of drug-likeness (QED) is 0.930. The Kier molecular flexibility index (Phi) is 3.16. The molecule has 0 spiro atoms. The van der Waals surface area contributed by atoms with Gasteiger partial charge in [-0.15, -0.1) is 13.2 Å². The molecule has 0 radical (unpaired) electrons. The molecule has 1 N–H and O–H groups in total. The van der Waals surface area contributed by atoms with E-state index in [1.54, 1.807) is 0 Å². The Labute approximate surface area is 104 Å². The summed E-state index contributed by atoms with van der Waals surface area (Å²) in [6.07, 6.45) is -3.82. The number of hydrogen-bond donors (Lipinski definition) is 1.